The van der Waals surface area contributed by atoms with Gasteiger partial charge in [0, 0.05) is 17.7 Å². The Morgan fingerprint density at radius 2 is 1.93 bits per heavy atom. The number of benzene rings is 2. The van der Waals surface area contributed by atoms with Gasteiger partial charge >= 0.3 is 0 Å². The lowest BCUT2D eigenvalue weighted by atomic mass is 9.92. The number of para-hydroxylation sites is 1. The summed E-state index contributed by atoms with van der Waals surface area (Å²) in [6.45, 7) is 2.26. The summed E-state index contributed by atoms with van der Waals surface area (Å²) < 4.78 is 35.3. The standard InChI is InChI=1S/C19H22BrNO6S/c1-4-27-18-11-13(8-9-17(18)26-2)15(12-28(3,24)25)10-14-6-5-7-16(20)19(14)21(22)23/h5-9,11,15H,4,10,12H2,1-3H3/t15-/m1/s1. The summed E-state index contributed by atoms with van der Waals surface area (Å²) >= 11 is 3.21. The smallest absolute Gasteiger partial charge is 0.286 e. The highest BCUT2D eigenvalue weighted by Crippen LogP contribution is 2.36. The molecule has 9 heteroatoms. The van der Waals surface area contributed by atoms with Crippen molar-refractivity contribution in [1.82, 2.24) is 0 Å². The molecule has 0 spiro atoms. The fraction of sp³-hybridized carbons (Fsp3) is 0.368. The van der Waals surface area contributed by atoms with Crippen molar-refractivity contribution < 1.29 is 22.8 Å². The maximum atomic E-state index is 12.0. The lowest BCUT2D eigenvalue weighted by molar-refractivity contribution is -0.386. The molecule has 0 fully saturated rings. The zero-order valence-corrected chi connectivity index (χ0v) is 18.2. The number of halogens is 1. The molecule has 0 aromatic heterocycles. The SMILES string of the molecule is CCOc1cc([C@H](Cc2cccc(Br)c2[N+](=O)[O-])CS(C)(=O)=O)ccc1OC. The highest BCUT2D eigenvalue weighted by atomic mass is 79.9. The molecule has 0 aliphatic rings. The molecule has 7 nitrogen and oxygen atoms in total. The summed E-state index contributed by atoms with van der Waals surface area (Å²) in [5.74, 6) is 0.421. The molecule has 0 saturated heterocycles. The van der Waals surface area contributed by atoms with Crippen LogP contribution in [-0.2, 0) is 16.3 Å². The summed E-state index contributed by atoms with van der Waals surface area (Å²) in [5.41, 5.74) is 1.12. The second kappa shape index (κ2) is 9.38. The molecular weight excluding hydrogens is 450 g/mol. The Morgan fingerprint density at radius 1 is 1.21 bits per heavy atom. The number of hydrogen-bond acceptors (Lipinski definition) is 6. The van der Waals surface area contributed by atoms with E-state index >= 15 is 0 Å². The molecule has 0 radical (unpaired) electrons. The lowest BCUT2D eigenvalue weighted by Crippen LogP contribution is -2.16. The van der Waals surface area contributed by atoms with Crippen molar-refractivity contribution in [2.24, 2.45) is 0 Å². The van der Waals surface area contributed by atoms with Gasteiger partial charge in [-0.2, -0.15) is 0 Å². The van der Waals surface area contributed by atoms with E-state index in [1.54, 1.807) is 36.4 Å². The average molecular weight is 472 g/mol. The van der Waals surface area contributed by atoms with Gasteiger partial charge < -0.3 is 9.47 Å². The molecule has 0 aliphatic carbocycles. The van der Waals surface area contributed by atoms with Crippen LogP contribution in [0, 0.1) is 10.1 Å². The van der Waals surface area contributed by atoms with Crippen molar-refractivity contribution in [3.63, 3.8) is 0 Å². The zero-order chi connectivity index (χ0) is 20.9. The Bertz CT molecular complexity index is 961. The predicted molar refractivity (Wildman–Crippen MR) is 111 cm³/mol. The quantitative estimate of drug-likeness (QED) is 0.402. The monoisotopic (exact) mass is 471 g/mol. The van der Waals surface area contributed by atoms with Crippen LogP contribution in [0.15, 0.2) is 40.9 Å². The average Bonchev–Trinajstić information content (AvgIpc) is 2.60. The minimum atomic E-state index is -3.33. The molecular formula is C19H22BrNO6S. The molecule has 0 aliphatic heterocycles. The van der Waals surface area contributed by atoms with E-state index in [0.29, 0.717) is 33.7 Å². The molecule has 0 N–H and O–H groups in total. The number of methoxy groups -OCH3 is 1. The van der Waals surface area contributed by atoms with Crippen LogP contribution in [0.1, 0.15) is 24.0 Å². The second-order valence-corrected chi connectivity index (χ2v) is 9.38. The second-order valence-electron chi connectivity index (χ2n) is 6.34. The van der Waals surface area contributed by atoms with E-state index in [-0.39, 0.29) is 17.9 Å². The first kappa shape index (κ1) is 22.2. The molecule has 2 aromatic carbocycles. The van der Waals surface area contributed by atoms with Crippen LogP contribution in [0.25, 0.3) is 0 Å². The number of ether oxygens (including phenoxy) is 2. The van der Waals surface area contributed by atoms with Gasteiger partial charge in [-0.25, -0.2) is 8.42 Å². The van der Waals surface area contributed by atoms with Crippen LogP contribution in [0.4, 0.5) is 5.69 Å². The normalized spacial score (nSPS) is 12.4. The summed E-state index contributed by atoms with van der Waals surface area (Å²) in [5, 5.41) is 11.5. The first-order valence-corrected chi connectivity index (χ1v) is 11.4. The number of nitro benzene ring substituents is 1. The predicted octanol–water partition coefficient (Wildman–Crippen LogP) is 4.14. The molecule has 0 bridgehead atoms. The summed E-state index contributed by atoms with van der Waals surface area (Å²) in [4.78, 5) is 11.0. The van der Waals surface area contributed by atoms with E-state index in [0.717, 1.165) is 6.26 Å². The van der Waals surface area contributed by atoms with Crippen molar-refractivity contribution in [2.75, 3.05) is 25.7 Å². The van der Waals surface area contributed by atoms with Crippen molar-refractivity contribution in [1.29, 1.82) is 0 Å². The molecule has 2 rings (SSSR count). The number of nitrogens with zero attached hydrogens (tertiary/aromatic N) is 1. The van der Waals surface area contributed by atoms with Crippen molar-refractivity contribution in [2.45, 2.75) is 19.3 Å². The number of hydrogen-bond donors (Lipinski definition) is 0. The first-order valence-electron chi connectivity index (χ1n) is 8.56. The number of sulfone groups is 1. The van der Waals surface area contributed by atoms with Crippen LogP contribution in [-0.4, -0.2) is 39.1 Å². The molecule has 28 heavy (non-hydrogen) atoms. The fourth-order valence-corrected chi connectivity index (χ4v) is 4.64. The fourth-order valence-electron chi connectivity index (χ4n) is 3.05. The van der Waals surface area contributed by atoms with E-state index in [4.69, 9.17) is 9.47 Å². The summed E-state index contributed by atoms with van der Waals surface area (Å²) in [6, 6.07) is 10.1. The highest BCUT2D eigenvalue weighted by Gasteiger charge is 2.25. The minimum Gasteiger partial charge on any atom is -0.493 e. The highest BCUT2D eigenvalue weighted by molar-refractivity contribution is 9.10. The Kier molecular flexibility index (Phi) is 7.42. The van der Waals surface area contributed by atoms with E-state index in [1.807, 2.05) is 6.92 Å². The van der Waals surface area contributed by atoms with Crippen LogP contribution >= 0.6 is 15.9 Å². The summed E-state index contributed by atoms with van der Waals surface area (Å²) in [7, 11) is -1.81. The van der Waals surface area contributed by atoms with Gasteiger partial charge in [0.25, 0.3) is 5.69 Å². The number of nitro groups is 1. The molecule has 0 amide bonds. The van der Waals surface area contributed by atoms with Crippen molar-refractivity contribution in [3.8, 4) is 11.5 Å². The third-order valence-electron chi connectivity index (χ3n) is 4.18. The van der Waals surface area contributed by atoms with E-state index in [9.17, 15) is 18.5 Å². The van der Waals surface area contributed by atoms with Gasteiger partial charge in [-0.1, -0.05) is 18.2 Å². The van der Waals surface area contributed by atoms with Gasteiger partial charge in [0.1, 0.15) is 9.84 Å². The molecule has 0 saturated carbocycles. The maximum absolute atomic E-state index is 12.0. The van der Waals surface area contributed by atoms with Crippen LogP contribution in [0.5, 0.6) is 11.5 Å². The topological polar surface area (TPSA) is 95.7 Å². The molecule has 1 atom stereocenters. The first-order chi connectivity index (χ1) is 13.2. The van der Waals surface area contributed by atoms with Gasteiger partial charge in [-0.05, 0) is 53.0 Å². The van der Waals surface area contributed by atoms with Crippen LogP contribution in [0.2, 0.25) is 0 Å². The van der Waals surface area contributed by atoms with Crippen molar-refractivity contribution >= 4 is 31.5 Å². The van der Waals surface area contributed by atoms with Gasteiger partial charge in [0.15, 0.2) is 11.5 Å². The van der Waals surface area contributed by atoms with Gasteiger partial charge in [0.05, 0.1) is 28.9 Å². The van der Waals surface area contributed by atoms with Gasteiger partial charge in [-0.3, -0.25) is 10.1 Å². The Labute approximate surface area is 172 Å². The van der Waals surface area contributed by atoms with E-state index in [1.165, 1.54) is 7.11 Å². The Morgan fingerprint density at radius 3 is 2.50 bits per heavy atom. The van der Waals surface area contributed by atoms with Crippen LogP contribution < -0.4 is 9.47 Å². The Hall–Kier alpha value is -2.13. The Balaban J connectivity index is 2.52. The molecule has 0 unspecified atom stereocenters. The maximum Gasteiger partial charge on any atom is 0.286 e. The summed E-state index contributed by atoms with van der Waals surface area (Å²) in [6.07, 6.45) is 1.35. The third kappa shape index (κ3) is 5.68. The lowest BCUT2D eigenvalue weighted by Gasteiger charge is -2.19. The van der Waals surface area contributed by atoms with Gasteiger partial charge in [0.2, 0.25) is 0 Å². The molecule has 152 valence electrons. The molecule has 0 heterocycles. The largest absolute Gasteiger partial charge is 0.493 e. The minimum absolute atomic E-state index is 0.0560. The van der Waals surface area contributed by atoms with Crippen LogP contribution in [0.3, 0.4) is 0 Å². The zero-order valence-electron chi connectivity index (χ0n) is 15.8. The van der Waals surface area contributed by atoms with E-state index in [2.05, 4.69) is 15.9 Å². The third-order valence-corrected chi connectivity index (χ3v) is 5.83. The van der Waals surface area contributed by atoms with E-state index < -0.39 is 20.7 Å². The van der Waals surface area contributed by atoms with Crippen molar-refractivity contribution in [3.05, 3.63) is 62.1 Å². The molecule has 2 aromatic rings. The number of rotatable bonds is 9. The van der Waals surface area contributed by atoms with Gasteiger partial charge in [-0.15, -0.1) is 0 Å².